The predicted octanol–water partition coefficient (Wildman–Crippen LogP) is 3.18. The van der Waals surface area contributed by atoms with Gasteiger partial charge in [-0.1, -0.05) is 6.07 Å². The van der Waals surface area contributed by atoms with Crippen molar-refractivity contribution in [1.82, 2.24) is 0 Å². The molecule has 1 aliphatic rings. The van der Waals surface area contributed by atoms with E-state index in [0.717, 1.165) is 50.3 Å². The Balaban J connectivity index is 1.70. The minimum Gasteiger partial charge on any atom is -0.378 e. The highest BCUT2D eigenvalue weighted by atomic mass is 19.2. The van der Waals surface area contributed by atoms with Gasteiger partial charge in [0.25, 0.3) is 0 Å². The van der Waals surface area contributed by atoms with Crippen molar-refractivity contribution in [3.8, 4) is 0 Å². The summed E-state index contributed by atoms with van der Waals surface area (Å²) in [7, 11) is 0. The number of ether oxygens (including phenoxy) is 1. The molecule has 0 radical (unpaired) electrons. The molecule has 2 nitrogen and oxygen atoms in total. The lowest BCUT2D eigenvalue weighted by Gasteiger charge is -2.13. The van der Waals surface area contributed by atoms with E-state index in [2.05, 4.69) is 0 Å². The highest BCUT2D eigenvalue weighted by Crippen LogP contribution is 2.19. The van der Waals surface area contributed by atoms with Gasteiger partial charge in [0.1, 0.15) is 0 Å². The molecular weight excluding hydrogens is 248 g/mol. The van der Waals surface area contributed by atoms with E-state index in [4.69, 9.17) is 10.5 Å². The Labute approximate surface area is 112 Å². The van der Waals surface area contributed by atoms with Crippen molar-refractivity contribution in [3.63, 3.8) is 0 Å². The van der Waals surface area contributed by atoms with E-state index in [1.807, 2.05) is 0 Å². The second-order valence-corrected chi connectivity index (χ2v) is 5.28. The highest BCUT2D eigenvalue weighted by molar-refractivity contribution is 5.18. The molecule has 2 N–H and O–H groups in total. The zero-order valence-corrected chi connectivity index (χ0v) is 11.1. The van der Waals surface area contributed by atoms with Crippen LogP contribution in [0.5, 0.6) is 0 Å². The van der Waals surface area contributed by atoms with Crippen molar-refractivity contribution in [1.29, 1.82) is 0 Å². The van der Waals surface area contributed by atoms with Gasteiger partial charge >= 0.3 is 0 Å². The maximum atomic E-state index is 13.1. The zero-order valence-electron chi connectivity index (χ0n) is 11.1. The molecule has 19 heavy (non-hydrogen) atoms. The van der Waals surface area contributed by atoms with E-state index >= 15 is 0 Å². The van der Waals surface area contributed by atoms with Gasteiger partial charge in [-0.3, -0.25) is 0 Å². The summed E-state index contributed by atoms with van der Waals surface area (Å²) < 4.78 is 31.4. The quantitative estimate of drug-likeness (QED) is 0.860. The molecule has 1 saturated heterocycles. The molecule has 0 amide bonds. The minimum atomic E-state index is -0.810. The molecule has 0 saturated carbocycles. The normalized spacial score (nSPS) is 20.7. The van der Waals surface area contributed by atoms with Crippen LogP contribution in [0.2, 0.25) is 0 Å². The molecule has 0 aromatic heterocycles. The van der Waals surface area contributed by atoms with Crippen LogP contribution < -0.4 is 5.73 Å². The van der Waals surface area contributed by atoms with Gasteiger partial charge in [-0.05, 0) is 56.2 Å². The van der Waals surface area contributed by atoms with E-state index in [0.29, 0.717) is 12.5 Å². The van der Waals surface area contributed by atoms with E-state index < -0.39 is 11.6 Å². The second-order valence-electron chi connectivity index (χ2n) is 5.28. The Bertz CT molecular complexity index is 405. The summed E-state index contributed by atoms with van der Waals surface area (Å²) in [6.45, 7) is 0.881. The van der Waals surface area contributed by atoms with Crippen LogP contribution in [-0.4, -0.2) is 18.8 Å². The van der Waals surface area contributed by atoms with Gasteiger partial charge in [0.05, 0.1) is 6.10 Å². The number of nitrogens with two attached hydrogens (primary N) is 1. The van der Waals surface area contributed by atoms with Gasteiger partial charge in [0.2, 0.25) is 0 Å². The summed E-state index contributed by atoms with van der Waals surface area (Å²) in [5, 5.41) is 0. The van der Waals surface area contributed by atoms with Crippen molar-refractivity contribution in [3.05, 3.63) is 35.4 Å². The van der Waals surface area contributed by atoms with Crippen LogP contribution >= 0.6 is 0 Å². The monoisotopic (exact) mass is 269 g/mol. The first-order chi connectivity index (χ1) is 9.15. The predicted molar refractivity (Wildman–Crippen MR) is 70.9 cm³/mol. The van der Waals surface area contributed by atoms with E-state index in [1.54, 1.807) is 6.07 Å². The zero-order chi connectivity index (χ0) is 13.7. The van der Waals surface area contributed by atoms with E-state index in [1.165, 1.54) is 6.07 Å². The first-order valence-corrected chi connectivity index (χ1v) is 6.96. The minimum absolute atomic E-state index is 0.00809. The third-order valence-corrected chi connectivity index (χ3v) is 3.61. The third kappa shape index (κ3) is 4.55. The van der Waals surface area contributed by atoms with Crippen LogP contribution in [-0.2, 0) is 11.2 Å². The first kappa shape index (κ1) is 14.4. The number of hydrogen-bond acceptors (Lipinski definition) is 2. The average Bonchev–Trinajstić information content (AvgIpc) is 2.87. The van der Waals surface area contributed by atoms with Gasteiger partial charge in [-0.15, -0.1) is 0 Å². The molecule has 1 aliphatic heterocycles. The Hall–Kier alpha value is -1.00. The Morgan fingerprint density at radius 2 is 2.16 bits per heavy atom. The summed E-state index contributed by atoms with van der Waals surface area (Å²) in [4.78, 5) is 0. The molecule has 0 aliphatic carbocycles. The van der Waals surface area contributed by atoms with Crippen molar-refractivity contribution >= 4 is 0 Å². The molecule has 1 heterocycles. The standard InChI is InChI=1S/C15H21F2NO/c16-14-7-6-11(10-15(14)17)9-12(18)3-1-4-13-5-2-8-19-13/h6-7,10,12-13H,1-5,8-9,18H2. The molecule has 2 unspecified atom stereocenters. The molecular formula is C15H21F2NO. The summed E-state index contributed by atoms with van der Waals surface area (Å²) in [6, 6.07) is 3.98. The maximum Gasteiger partial charge on any atom is 0.159 e. The van der Waals surface area contributed by atoms with Crippen molar-refractivity contribution in [2.45, 2.75) is 50.7 Å². The van der Waals surface area contributed by atoms with Crippen LogP contribution in [0.3, 0.4) is 0 Å². The van der Waals surface area contributed by atoms with Gasteiger partial charge in [-0.2, -0.15) is 0 Å². The van der Waals surface area contributed by atoms with Gasteiger partial charge < -0.3 is 10.5 Å². The number of halogens is 2. The van der Waals surface area contributed by atoms with Gasteiger partial charge in [-0.25, -0.2) is 8.78 Å². The molecule has 4 heteroatoms. The fourth-order valence-electron chi connectivity index (χ4n) is 2.55. The number of benzene rings is 1. The maximum absolute atomic E-state index is 13.1. The van der Waals surface area contributed by atoms with Gasteiger partial charge in [0, 0.05) is 12.6 Å². The second kappa shape index (κ2) is 6.96. The number of hydrogen-bond donors (Lipinski definition) is 1. The lowest BCUT2D eigenvalue weighted by molar-refractivity contribution is 0.101. The molecule has 0 spiro atoms. The van der Waals surface area contributed by atoms with Crippen molar-refractivity contribution < 1.29 is 13.5 Å². The van der Waals surface area contributed by atoms with E-state index in [9.17, 15) is 8.78 Å². The molecule has 2 rings (SSSR count). The first-order valence-electron chi connectivity index (χ1n) is 6.96. The third-order valence-electron chi connectivity index (χ3n) is 3.61. The Kier molecular flexibility index (Phi) is 5.28. The molecule has 1 fully saturated rings. The van der Waals surface area contributed by atoms with Crippen LogP contribution in [0, 0.1) is 11.6 Å². The molecule has 106 valence electrons. The van der Waals surface area contributed by atoms with Crippen molar-refractivity contribution in [2.24, 2.45) is 5.73 Å². The van der Waals surface area contributed by atoms with Crippen LogP contribution in [0.4, 0.5) is 8.78 Å². The summed E-state index contributed by atoms with van der Waals surface area (Å²) in [5.74, 6) is -1.61. The summed E-state index contributed by atoms with van der Waals surface area (Å²) in [5.41, 5.74) is 6.77. The fourth-order valence-corrected chi connectivity index (χ4v) is 2.55. The summed E-state index contributed by atoms with van der Waals surface area (Å²) >= 11 is 0. The van der Waals surface area contributed by atoms with Crippen LogP contribution in [0.25, 0.3) is 0 Å². The largest absolute Gasteiger partial charge is 0.378 e. The average molecular weight is 269 g/mol. The molecule has 1 aromatic carbocycles. The van der Waals surface area contributed by atoms with Crippen LogP contribution in [0.15, 0.2) is 18.2 Å². The van der Waals surface area contributed by atoms with Crippen molar-refractivity contribution in [2.75, 3.05) is 6.61 Å². The molecule has 1 aromatic rings. The SMILES string of the molecule is NC(CCCC1CCCO1)Cc1ccc(F)c(F)c1. The van der Waals surface area contributed by atoms with Crippen LogP contribution in [0.1, 0.15) is 37.7 Å². The Morgan fingerprint density at radius 3 is 2.84 bits per heavy atom. The lowest BCUT2D eigenvalue weighted by atomic mass is 10.00. The number of rotatable bonds is 6. The summed E-state index contributed by atoms with van der Waals surface area (Å²) in [6.07, 6.45) is 6.25. The molecule has 2 atom stereocenters. The highest BCUT2D eigenvalue weighted by Gasteiger charge is 2.15. The van der Waals surface area contributed by atoms with E-state index in [-0.39, 0.29) is 6.04 Å². The lowest BCUT2D eigenvalue weighted by Crippen LogP contribution is -2.23. The fraction of sp³-hybridized carbons (Fsp3) is 0.600. The van der Waals surface area contributed by atoms with Gasteiger partial charge in [0.15, 0.2) is 11.6 Å². The topological polar surface area (TPSA) is 35.2 Å². The smallest absolute Gasteiger partial charge is 0.159 e. The Morgan fingerprint density at radius 1 is 1.32 bits per heavy atom. The molecule has 0 bridgehead atoms.